The van der Waals surface area contributed by atoms with E-state index in [9.17, 15) is 4.39 Å². The Morgan fingerprint density at radius 3 is 2.67 bits per heavy atom. The van der Waals surface area contributed by atoms with Crippen LogP contribution in [0.25, 0.3) is 0 Å². The van der Waals surface area contributed by atoms with E-state index in [-0.39, 0.29) is 18.3 Å². The fraction of sp³-hybridized carbons (Fsp3) is 0.500. The summed E-state index contributed by atoms with van der Waals surface area (Å²) in [4.78, 5) is 0. The zero-order valence-electron chi connectivity index (χ0n) is 8.84. The summed E-state index contributed by atoms with van der Waals surface area (Å²) in [5.41, 5.74) is 0.939. The Hall–Kier alpha value is -0.410. The first-order chi connectivity index (χ1) is 7.15. The Balaban J connectivity index is 2.69. The van der Waals surface area contributed by atoms with Crippen LogP contribution in [0.15, 0.2) is 22.7 Å². The third kappa shape index (κ3) is 4.31. The van der Waals surface area contributed by atoms with E-state index in [1.807, 2.05) is 6.07 Å². The maximum Gasteiger partial charge on any atom is 0.124 e. The van der Waals surface area contributed by atoms with Gasteiger partial charge in [-0.3, -0.25) is 0 Å². The quantitative estimate of drug-likeness (QED) is 0.871. The van der Waals surface area contributed by atoms with Crippen LogP contribution in [0.1, 0.15) is 25.3 Å². The first-order valence-corrected chi connectivity index (χ1v) is 6.00. The van der Waals surface area contributed by atoms with Crippen molar-refractivity contribution in [3.8, 4) is 0 Å². The highest BCUT2D eigenvalue weighted by Crippen LogP contribution is 2.19. The van der Waals surface area contributed by atoms with Crippen molar-refractivity contribution in [1.82, 2.24) is 0 Å². The van der Waals surface area contributed by atoms with Gasteiger partial charge < -0.3 is 5.11 Å². The molecule has 1 aromatic rings. The van der Waals surface area contributed by atoms with Gasteiger partial charge in [-0.2, -0.15) is 0 Å². The standard InChI is InChI=1S/C12H16BrFO/c1-2-3-9(8-15)4-10-5-11(13)7-12(14)6-10/h5-7,9,15H,2-4,8H2,1H3. The van der Waals surface area contributed by atoms with Gasteiger partial charge in [-0.25, -0.2) is 4.39 Å². The molecule has 3 heteroatoms. The van der Waals surface area contributed by atoms with Crippen LogP contribution < -0.4 is 0 Å². The normalized spacial score (nSPS) is 12.8. The van der Waals surface area contributed by atoms with E-state index in [4.69, 9.17) is 5.11 Å². The number of hydrogen-bond donors (Lipinski definition) is 1. The highest BCUT2D eigenvalue weighted by atomic mass is 79.9. The number of hydrogen-bond acceptors (Lipinski definition) is 1. The average molecular weight is 275 g/mol. The van der Waals surface area contributed by atoms with E-state index in [0.29, 0.717) is 0 Å². The lowest BCUT2D eigenvalue weighted by atomic mass is 9.96. The van der Waals surface area contributed by atoms with Gasteiger partial charge in [-0.05, 0) is 42.5 Å². The number of aliphatic hydroxyl groups is 1. The van der Waals surface area contributed by atoms with Crippen molar-refractivity contribution in [1.29, 1.82) is 0 Å². The summed E-state index contributed by atoms with van der Waals surface area (Å²) in [5, 5.41) is 9.15. The maximum absolute atomic E-state index is 13.1. The first kappa shape index (κ1) is 12.7. The van der Waals surface area contributed by atoms with Crippen LogP contribution in [0.2, 0.25) is 0 Å². The Labute approximate surface area is 98.4 Å². The fourth-order valence-electron chi connectivity index (χ4n) is 1.73. The molecule has 0 fully saturated rings. The van der Waals surface area contributed by atoms with E-state index < -0.39 is 0 Å². The zero-order chi connectivity index (χ0) is 11.3. The van der Waals surface area contributed by atoms with Crippen molar-refractivity contribution >= 4 is 15.9 Å². The number of aliphatic hydroxyl groups excluding tert-OH is 1. The molecular formula is C12H16BrFO. The van der Waals surface area contributed by atoms with Crippen LogP contribution in [0, 0.1) is 11.7 Å². The Morgan fingerprint density at radius 2 is 2.13 bits per heavy atom. The van der Waals surface area contributed by atoms with Crippen LogP contribution in [-0.4, -0.2) is 11.7 Å². The molecule has 0 aliphatic carbocycles. The Kier molecular flexibility index (Phi) is 5.26. The smallest absolute Gasteiger partial charge is 0.124 e. The van der Waals surface area contributed by atoms with Gasteiger partial charge in [-0.1, -0.05) is 29.3 Å². The fourth-order valence-corrected chi connectivity index (χ4v) is 2.24. The second kappa shape index (κ2) is 6.23. The van der Waals surface area contributed by atoms with Gasteiger partial charge in [0.05, 0.1) is 0 Å². The van der Waals surface area contributed by atoms with Gasteiger partial charge in [0.25, 0.3) is 0 Å². The van der Waals surface area contributed by atoms with Gasteiger partial charge in [-0.15, -0.1) is 0 Å². The van der Waals surface area contributed by atoms with Gasteiger partial charge in [0.1, 0.15) is 5.82 Å². The molecule has 0 bridgehead atoms. The molecule has 0 saturated carbocycles. The molecular weight excluding hydrogens is 259 g/mol. The van der Waals surface area contributed by atoms with Crippen molar-refractivity contribution in [2.75, 3.05) is 6.61 Å². The van der Waals surface area contributed by atoms with E-state index in [0.717, 1.165) is 29.3 Å². The molecule has 0 aromatic heterocycles. The lowest BCUT2D eigenvalue weighted by Gasteiger charge is -2.13. The van der Waals surface area contributed by atoms with Crippen LogP contribution in [0.5, 0.6) is 0 Å². The minimum atomic E-state index is -0.229. The molecule has 1 atom stereocenters. The molecule has 0 heterocycles. The second-order valence-corrected chi connectivity index (χ2v) is 4.73. The predicted molar refractivity (Wildman–Crippen MR) is 63.3 cm³/mol. The Morgan fingerprint density at radius 1 is 1.40 bits per heavy atom. The lowest BCUT2D eigenvalue weighted by Crippen LogP contribution is -2.09. The molecule has 0 saturated heterocycles. The summed E-state index contributed by atoms with van der Waals surface area (Å²) >= 11 is 3.26. The van der Waals surface area contributed by atoms with Crippen LogP contribution >= 0.6 is 15.9 Å². The first-order valence-electron chi connectivity index (χ1n) is 5.21. The molecule has 0 aliphatic rings. The molecule has 1 N–H and O–H groups in total. The average Bonchev–Trinajstić information content (AvgIpc) is 2.15. The van der Waals surface area contributed by atoms with E-state index in [2.05, 4.69) is 22.9 Å². The van der Waals surface area contributed by atoms with E-state index in [1.54, 1.807) is 0 Å². The number of halogens is 2. The summed E-state index contributed by atoms with van der Waals surface area (Å²) in [6.45, 7) is 2.26. The summed E-state index contributed by atoms with van der Waals surface area (Å²) in [7, 11) is 0. The van der Waals surface area contributed by atoms with Crippen molar-refractivity contribution in [3.63, 3.8) is 0 Å². The largest absolute Gasteiger partial charge is 0.396 e. The molecule has 0 radical (unpaired) electrons. The summed E-state index contributed by atoms with van der Waals surface area (Å²) in [6, 6.07) is 4.88. The highest BCUT2D eigenvalue weighted by Gasteiger charge is 2.08. The van der Waals surface area contributed by atoms with Crippen LogP contribution in [-0.2, 0) is 6.42 Å². The van der Waals surface area contributed by atoms with Gasteiger partial charge in [0, 0.05) is 11.1 Å². The summed E-state index contributed by atoms with van der Waals surface area (Å²) in [5.74, 6) is 0.0104. The second-order valence-electron chi connectivity index (χ2n) is 3.82. The molecule has 84 valence electrons. The zero-order valence-corrected chi connectivity index (χ0v) is 10.4. The minimum absolute atomic E-state index is 0.169. The van der Waals surface area contributed by atoms with Gasteiger partial charge in [0.15, 0.2) is 0 Å². The molecule has 0 aliphatic heterocycles. The third-order valence-electron chi connectivity index (χ3n) is 2.40. The van der Waals surface area contributed by atoms with Crippen molar-refractivity contribution in [3.05, 3.63) is 34.1 Å². The Bertz CT molecular complexity index is 294. The molecule has 0 spiro atoms. The molecule has 1 unspecified atom stereocenters. The van der Waals surface area contributed by atoms with Gasteiger partial charge >= 0.3 is 0 Å². The van der Waals surface area contributed by atoms with Crippen molar-refractivity contribution < 1.29 is 9.50 Å². The van der Waals surface area contributed by atoms with E-state index >= 15 is 0 Å². The summed E-state index contributed by atoms with van der Waals surface area (Å²) in [6.07, 6.45) is 2.76. The summed E-state index contributed by atoms with van der Waals surface area (Å²) < 4.78 is 13.8. The molecule has 0 amide bonds. The van der Waals surface area contributed by atoms with Crippen molar-refractivity contribution in [2.45, 2.75) is 26.2 Å². The lowest BCUT2D eigenvalue weighted by molar-refractivity contribution is 0.217. The predicted octanol–water partition coefficient (Wildman–Crippen LogP) is 3.54. The van der Waals surface area contributed by atoms with Crippen LogP contribution in [0.3, 0.4) is 0 Å². The molecule has 1 aromatic carbocycles. The topological polar surface area (TPSA) is 20.2 Å². The SMILES string of the molecule is CCCC(CO)Cc1cc(F)cc(Br)c1. The monoisotopic (exact) mass is 274 g/mol. The van der Waals surface area contributed by atoms with Crippen LogP contribution in [0.4, 0.5) is 4.39 Å². The molecule has 1 rings (SSSR count). The van der Waals surface area contributed by atoms with Crippen molar-refractivity contribution in [2.24, 2.45) is 5.92 Å². The third-order valence-corrected chi connectivity index (χ3v) is 2.86. The number of rotatable bonds is 5. The maximum atomic E-state index is 13.1. The number of benzene rings is 1. The van der Waals surface area contributed by atoms with Gasteiger partial charge in [0.2, 0.25) is 0 Å². The molecule has 15 heavy (non-hydrogen) atoms. The van der Waals surface area contributed by atoms with E-state index in [1.165, 1.54) is 12.1 Å². The highest BCUT2D eigenvalue weighted by molar-refractivity contribution is 9.10. The molecule has 1 nitrogen and oxygen atoms in total. The minimum Gasteiger partial charge on any atom is -0.396 e.